The Balaban J connectivity index is 1.90. The predicted octanol–water partition coefficient (Wildman–Crippen LogP) is -0.0131. The van der Waals surface area contributed by atoms with E-state index in [0.29, 0.717) is 18.4 Å². The number of aromatic amines is 1. The molecule has 0 aliphatic carbocycles. The lowest BCUT2D eigenvalue weighted by atomic mass is 10.2. The van der Waals surface area contributed by atoms with Crippen molar-refractivity contribution >= 4 is 16.7 Å². The zero-order valence-electron chi connectivity index (χ0n) is 13.2. The van der Waals surface area contributed by atoms with Crippen LogP contribution in [0.5, 0.6) is 5.88 Å². The van der Waals surface area contributed by atoms with Crippen LogP contribution in [0.3, 0.4) is 0 Å². The average molecular weight is 340 g/mol. The number of hydrogen-bond donors (Lipinski definition) is 3. The first-order chi connectivity index (χ1) is 11.3. The van der Waals surface area contributed by atoms with Crippen molar-refractivity contribution in [1.29, 1.82) is 0 Å². The molecular weight excluding hydrogens is 323 g/mol. The summed E-state index contributed by atoms with van der Waals surface area (Å²) in [4.78, 5) is 23.7. The zero-order valence-corrected chi connectivity index (χ0v) is 13.2. The minimum atomic E-state index is -2.20. The number of nitrogens with one attached hydrogen (secondary N) is 1. The van der Waals surface area contributed by atoms with Crippen LogP contribution in [0.1, 0.15) is 19.0 Å². The summed E-state index contributed by atoms with van der Waals surface area (Å²) >= 11 is 0. The normalized spacial score (nSPS) is 14.1. The van der Waals surface area contributed by atoms with Crippen molar-refractivity contribution in [2.24, 2.45) is 0 Å². The quantitative estimate of drug-likeness (QED) is 0.513. The Kier molecular flexibility index (Phi) is 4.11. The molecule has 10 heteroatoms. The molecule has 24 heavy (non-hydrogen) atoms. The fraction of sp³-hybridized carbons (Fsp3) is 0.500. The Hall–Kier alpha value is -2.30. The zero-order chi connectivity index (χ0) is 17.5. The van der Waals surface area contributed by atoms with Gasteiger partial charge in [-0.1, -0.05) is 0 Å². The molecule has 0 fully saturated rings. The standard InChI is InChI=1S/C14H17FN4O5/c1-7-9(15)10-8-11(18-13(20)17-10)19(6-23-12(8)16-7)4-3-5-24-14(2,21)22/h21-22H,3-6H2,1-2H3,(H,17,18,20). The van der Waals surface area contributed by atoms with Gasteiger partial charge in [0.25, 0.3) is 5.97 Å². The number of aliphatic hydroxyl groups is 2. The summed E-state index contributed by atoms with van der Waals surface area (Å²) in [6.45, 7) is 3.10. The number of H-pyrrole nitrogens is 1. The third kappa shape index (κ3) is 3.16. The molecule has 0 spiro atoms. The summed E-state index contributed by atoms with van der Waals surface area (Å²) in [5.74, 6) is -2.34. The Morgan fingerprint density at radius 3 is 2.92 bits per heavy atom. The molecule has 3 heterocycles. The van der Waals surface area contributed by atoms with E-state index in [1.807, 2.05) is 0 Å². The first-order valence-corrected chi connectivity index (χ1v) is 7.33. The molecule has 0 saturated carbocycles. The van der Waals surface area contributed by atoms with Crippen molar-refractivity contribution in [2.45, 2.75) is 26.2 Å². The average Bonchev–Trinajstić information content (AvgIpc) is 2.49. The molecule has 2 aromatic heterocycles. The summed E-state index contributed by atoms with van der Waals surface area (Å²) in [6, 6.07) is 0. The fourth-order valence-electron chi connectivity index (χ4n) is 2.49. The van der Waals surface area contributed by atoms with Crippen LogP contribution in [0.15, 0.2) is 4.79 Å². The van der Waals surface area contributed by atoms with Crippen LogP contribution in [0.2, 0.25) is 0 Å². The van der Waals surface area contributed by atoms with E-state index in [0.717, 1.165) is 6.92 Å². The molecule has 3 N–H and O–H groups in total. The Labute approximate surface area is 135 Å². The highest BCUT2D eigenvalue weighted by Crippen LogP contribution is 2.35. The molecule has 0 saturated heterocycles. The van der Waals surface area contributed by atoms with Crippen LogP contribution in [-0.4, -0.2) is 51.0 Å². The second-order valence-electron chi connectivity index (χ2n) is 5.60. The van der Waals surface area contributed by atoms with Crippen LogP contribution in [0, 0.1) is 12.7 Å². The number of ether oxygens (including phenoxy) is 2. The van der Waals surface area contributed by atoms with E-state index in [9.17, 15) is 9.18 Å². The van der Waals surface area contributed by atoms with Crippen LogP contribution in [0.25, 0.3) is 10.9 Å². The van der Waals surface area contributed by atoms with E-state index >= 15 is 0 Å². The number of rotatable bonds is 5. The molecular formula is C14H17FN4O5. The van der Waals surface area contributed by atoms with Crippen molar-refractivity contribution in [1.82, 2.24) is 15.0 Å². The largest absolute Gasteiger partial charge is 0.456 e. The highest BCUT2D eigenvalue weighted by Gasteiger charge is 2.26. The van der Waals surface area contributed by atoms with Crippen LogP contribution in [-0.2, 0) is 4.74 Å². The van der Waals surface area contributed by atoms with E-state index in [4.69, 9.17) is 19.7 Å². The summed E-state index contributed by atoms with van der Waals surface area (Å²) in [5.41, 5.74) is -0.543. The van der Waals surface area contributed by atoms with Gasteiger partial charge in [0.2, 0.25) is 5.88 Å². The number of hydrogen-bond acceptors (Lipinski definition) is 8. The monoisotopic (exact) mass is 340 g/mol. The third-order valence-corrected chi connectivity index (χ3v) is 3.54. The summed E-state index contributed by atoms with van der Waals surface area (Å²) in [5, 5.41) is 18.5. The molecule has 0 aromatic carbocycles. The smallest absolute Gasteiger partial charge is 0.347 e. The highest BCUT2D eigenvalue weighted by molar-refractivity contribution is 5.95. The number of anilines is 1. The van der Waals surface area contributed by atoms with Crippen molar-refractivity contribution < 1.29 is 24.1 Å². The molecule has 1 aliphatic heterocycles. The third-order valence-electron chi connectivity index (χ3n) is 3.54. The van der Waals surface area contributed by atoms with E-state index in [2.05, 4.69) is 15.0 Å². The number of nitrogens with zero attached hydrogens (tertiary/aromatic N) is 3. The van der Waals surface area contributed by atoms with Gasteiger partial charge in [-0.05, 0) is 13.3 Å². The molecule has 3 rings (SSSR count). The number of aromatic nitrogens is 3. The van der Waals surface area contributed by atoms with Crippen molar-refractivity contribution in [3.8, 4) is 5.88 Å². The Morgan fingerprint density at radius 2 is 2.21 bits per heavy atom. The topological polar surface area (TPSA) is 121 Å². The van der Waals surface area contributed by atoms with Crippen LogP contribution in [0.4, 0.5) is 10.2 Å². The first-order valence-electron chi connectivity index (χ1n) is 7.33. The van der Waals surface area contributed by atoms with Gasteiger partial charge < -0.3 is 29.6 Å². The van der Waals surface area contributed by atoms with Crippen LogP contribution >= 0.6 is 0 Å². The molecule has 0 radical (unpaired) electrons. The van der Waals surface area contributed by atoms with Gasteiger partial charge in [0.15, 0.2) is 18.4 Å². The maximum atomic E-state index is 14.3. The number of aryl methyl sites for hydroxylation is 1. The molecule has 0 bridgehead atoms. The van der Waals surface area contributed by atoms with Gasteiger partial charge in [-0.15, -0.1) is 0 Å². The second kappa shape index (κ2) is 5.96. The number of halogens is 1. The molecule has 9 nitrogen and oxygen atoms in total. The lowest BCUT2D eigenvalue weighted by molar-refractivity contribution is -0.324. The summed E-state index contributed by atoms with van der Waals surface area (Å²) < 4.78 is 24.6. The first kappa shape index (κ1) is 16.6. The van der Waals surface area contributed by atoms with Gasteiger partial charge in [-0.3, -0.25) is 0 Å². The second-order valence-corrected chi connectivity index (χ2v) is 5.60. The Bertz CT molecular complexity index is 832. The van der Waals surface area contributed by atoms with Crippen molar-refractivity contribution in [3.63, 3.8) is 0 Å². The van der Waals surface area contributed by atoms with Gasteiger partial charge in [0.05, 0.1) is 17.8 Å². The fourth-order valence-corrected chi connectivity index (χ4v) is 2.49. The lowest BCUT2D eigenvalue weighted by Crippen LogP contribution is -2.36. The maximum absolute atomic E-state index is 14.3. The van der Waals surface area contributed by atoms with E-state index in [1.165, 1.54) is 6.92 Å². The van der Waals surface area contributed by atoms with Gasteiger partial charge in [0.1, 0.15) is 5.39 Å². The summed E-state index contributed by atoms with van der Waals surface area (Å²) in [7, 11) is 0. The van der Waals surface area contributed by atoms with Crippen molar-refractivity contribution in [3.05, 3.63) is 22.0 Å². The van der Waals surface area contributed by atoms with E-state index in [1.54, 1.807) is 4.90 Å². The van der Waals surface area contributed by atoms with Gasteiger partial charge in [0, 0.05) is 13.5 Å². The summed E-state index contributed by atoms with van der Waals surface area (Å²) in [6.07, 6.45) is 0.410. The van der Waals surface area contributed by atoms with Crippen molar-refractivity contribution in [2.75, 3.05) is 24.8 Å². The van der Waals surface area contributed by atoms with Gasteiger partial charge >= 0.3 is 5.69 Å². The molecule has 130 valence electrons. The van der Waals surface area contributed by atoms with Crippen LogP contribution < -0.4 is 15.3 Å². The minimum Gasteiger partial charge on any atom is -0.456 e. The SMILES string of the molecule is Cc1nc2c3c(nc(=O)[nH]c3c1F)N(CCCOC(C)(O)O)CO2. The van der Waals surface area contributed by atoms with E-state index < -0.39 is 17.5 Å². The van der Waals surface area contributed by atoms with Gasteiger partial charge in [-0.2, -0.15) is 4.98 Å². The molecule has 0 unspecified atom stereocenters. The lowest BCUT2D eigenvalue weighted by Gasteiger charge is -2.29. The maximum Gasteiger partial charge on any atom is 0.347 e. The minimum absolute atomic E-state index is 0.00624. The number of pyridine rings is 1. The molecule has 0 atom stereocenters. The van der Waals surface area contributed by atoms with Gasteiger partial charge in [-0.25, -0.2) is 14.2 Å². The Morgan fingerprint density at radius 1 is 1.46 bits per heavy atom. The molecule has 0 amide bonds. The van der Waals surface area contributed by atoms with E-state index in [-0.39, 0.29) is 36.2 Å². The highest BCUT2D eigenvalue weighted by atomic mass is 19.1. The predicted molar refractivity (Wildman–Crippen MR) is 81.1 cm³/mol. The molecule has 2 aromatic rings. The molecule has 1 aliphatic rings.